The van der Waals surface area contributed by atoms with Gasteiger partial charge in [0.25, 0.3) is 0 Å². The minimum Gasteiger partial charge on any atom is -0.412 e. The van der Waals surface area contributed by atoms with Gasteiger partial charge < -0.3 is 9.74 Å². The van der Waals surface area contributed by atoms with Crippen LogP contribution in [0.1, 0.15) is 48.0 Å². The van der Waals surface area contributed by atoms with E-state index in [4.69, 9.17) is 4.43 Å². The highest BCUT2D eigenvalue weighted by Crippen LogP contribution is 2.40. The Morgan fingerprint density at radius 3 is 2.05 bits per heavy atom. The van der Waals surface area contributed by atoms with Gasteiger partial charge in [-0.1, -0.05) is 36.7 Å². The van der Waals surface area contributed by atoms with E-state index >= 15 is 0 Å². The number of halogens is 1. The quantitative estimate of drug-likeness (QED) is 0.568. The third kappa shape index (κ3) is 6.05. The highest BCUT2D eigenvalue weighted by atomic mass is 79.9. The normalized spacial score (nSPS) is 14.8. The van der Waals surface area contributed by atoms with Gasteiger partial charge in [-0.3, -0.25) is 0 Å². The summed E-state index contributed by atoms with van der Waals surface area (Å²) >= 11 is 3.47. The summed E-state index contributed by atoms with van der Waals surface area (Å²) in [4.78, 5) is 0. The van der Waals surface area contributed by atoms with Crippen LogP contribution in [0.5, 0.6) is 0 Å². The Hall–Kier alpha value is -0.323. The molecular formula is C18H32BrNOSi. The van der Waals surface area contributed by atoms with E-state index in [2.05, 4.69) is 100 Å². The molecule has 1 N–H and O–H groups in total. The molecule has 0 fully saturated rings. The van der Waals surface area contributed by atoms with Crippen LogP contribution in [-0.2, 0) is 4.43 Å². The van der Waals surface area contributed by atoms with Crippen molar-refractivity contribution < 1.29 is 4.43 Å². The minimum atomic E-state index is -1.74. The number of anilines is 1. The van der Waals surface area contributed by atoms with Crippen molar-refractivity contribution >= 4 is 29.9 Å². The molecule has 0 spiro atoms. The lowest BCUT2D eigenvalue weighted by atomic mass is 10.00. The molecular weight excluding hydrogens is 354 g/mol. The lowest BCUT2D eigenvalue weighted by molar-refractivity contribution is 0.0786. The molecule has 0 radical (unpaired) electrons. The van der Waals surface area contributed by atoms with Gasteiger partial charge in [-0.25, -0.2) is 0 Å². The molecule has 1 atom stereocenters. The monoisotopic (exact) mass is 385 g/mol. The van der Waals surface area contributed by atoms with Crippen LogP contribution in [0.4, 0.5) is 5.69 Å². The van der Waals surface area contributed by atoms with Gasteiger partial charge in [0, 0.05) is 16.2 Å². The molecule has 1 aromatic rings. The van der Waals surface area contributed by atoms with Crippen molar-refractivity contribution in [3.05, 3.63) is 28.7 Å². The van der Waals surface area contributed by atoms with Crippen LogP contribution < -0.4 is 5.32 Å². The first-order valence-electron chi connectivity index (χ1n) is 8.05. The standard InChI is InChI=1S/C18H32BrNOSi/c1-14(20-16-11-9-15(19)10-12-16)13-18(5,6)21-22(7,8)17(2,3)4/h9-12,14,20H,13H2,1-8H3. The topological polar surface area (TPSA) is 21.3 Å². The van der Waals surface area contributed by atoms with Crippen molar-refractivity contribution in [1.29, 1.82) is 0 Å². The van der Waals surface area contributed by atoms with Crippen molar-refractivity contribution in [2.24, 2.45) is 0 Å². The number of hydrogen-bond acceptors (Lipinski definition) is 2. The van der Waals surface area contributed by atoms with Gasteiger partial charge in [0.1, 0.15) is 0 Å². The second-order valence-electron chi connectivity index (χ2n) is 8.38. The minimum absolute atomic E-state index is 0.120. The zero-order chi connectivity index (χ0) is 17.2. The highest BCUT2D eigenvalue weighted by Gasteiger charge is 2.41. The summed E-state index contributed by atoms with van der Waals surface area (Å²) in [7, 11) is -1.74. The first kappa shape index (κ1) is 19.7. The van der Waals surface area contributed by atoms with E-state index in [1.807, 2.05) is 0 Å². The zero-order valence-corrected chi connectivity index (χ0v) is 18.0. The summed E-state index contributed by atoms with van der Waals surface area (Å²) in [5, 5.41) is 3.81. The summed E-state index contributed by atoms with van der Waals surface area (Å²) in [6.45, 7) is 18.2. The molecule has 0 heterocycles. The van der Waals surface area contributed by atoms with Crippen LogP contribution in [0.15, 0.2) is 28.7 Å². The van der Waals surface area contributed by atoms with Crippen molar-refractivity contribution in [1.82, 2.24) is 0 Å². The average Bonchev–Trinajstić information content (AvgIpc) is 2.28. The molecule has 1 unspecified atom stereocenters. The predicted molar refractivity (Wildman–Crippen MR) is 104 cm³/mol. The average molecular weight is 386 g/mol. The van der Waals surface area contributed by atoms with Gasteiger partial charge in [-0.15, -0.1) is 0 Å². The first-order valence-corrected chi connectivity index (χ1v) is 11.7. The summed E-state index contributed by atoms with van der Waals surface area (Å²) in [5.41, 5.74) is 1.03. The molecule has 0 aromatic heterocycles. The maximum atomic E-state index is 6.61. The van der Waals surface area contributed by atoms with Crippen molar-refractivity contribution in [3.63, 3.8) is 0 Å². The van der Waals surface area contributed by atoms with Crippen molar-refractivity contribution in [2.45, 2.75) is 77.7 Å². The molecule has 0 aliphatic rings. The highest BCUT2D eigenvalue weighted by molar-refractivity contribution is 9.10. The molecule has 0 aliphatic carbocycles. The molecule has 0 saturated heterocycles. The van der Waals surface area contributed by atoms with Crippen LogP contribution in [0, 0.1) is 0 Å². The van der Waals surface area contributed by atoms with Gasteiger partial charge >= 0.3 is 0 Å². The van der Waals surface area contributed by atoms with Crippen molar-refractivity contribution in [2.75, 3.05) is 5.32 Å². The van der Waals surface area contributed by atoms with Crippen molar-refractivity contribution in [3.8, 4) is 0 Å². The lowest BCUT2D eigenvalue weighted by Gasteiger charge is -2.43. The fourth-order valence-electron chi connectivity index (χ4n) is 2.50. The van der Waals surface area contributed by atoms with Gasteiger partial charge in [-0.2, -0.15) is 0 Å². The first-order chi connectivity index (χ1) is 9.82. The fourth-order valence-corrected chi connectivity index (χ4v) is 4.54. The Bertz CT molecular complexity index is 477. The smallest absolute Gasteiger partial charge is 0.192 e. The molecule has 0 aliphatic heterocycles. The number of hydrogen-bond donors (Lipinski definition) is 1. The van der Waals surface area contributed by atoms with Gasteiger partial charge in [0.05, 0.1) is 5.60 Å². The van der Waals surface area contributed by atoms with E-state index in [0.717, 1.165) is 16.6 Å². The molecule has 1 rings (SSSR count). The molecule has 2 nitrogen and oxygen atoms in total. The predicted octanol–water partition coefficient (Wildman–Crippen LogP) is 6.44. The molecule has 126 valence electrons. The van der Waals surface area contributed by atoms with Crippen LogP contribution in [-0.4, -0.2) is 20.0 Å². The molecule has 0 bridgehead atoms. The number of nitrogens with one attached hydrogen (secondary N) is 1. The third-order valence-electron chi connectivity index (χ3n) is 4.39. The Balaban J connectivity index is 2.65. The van der Waals surface area contributed by atoms with E-state index in [0.29, 0.717) is 6.04 Å². The third-order valence-corrected chi connectivity index (χ3v) is 9.60. The Labute approximate surface area is 146 Å². The van der Waals surface area contributed by atoms with E-state index in [1.165, 1.54) is 0 Å². The molecule has 0 amide bonds. The molecule has 1 aromatic carbocycles. The largest absolute Gasteiger partial charge is 0.412 e. The Kier molecular flexibility index (Phi) is 6.33. The van der Waals surface area contributed by atoms with Crippen LogP contribution in [0.3, 0.4) is 0 Å². The lowest BCUT2D eigenvalue weighted by Crippen LogP contribution is -2.48. The molecule has 4 heteroatoms. The Morgan fingerprint density at radius 2 is 1.59 bits per heavy atom. The molecule has 22 heavy (non-hydrogen) atoms. The SMILES string of the molecule is CC(CC(C)(C)O[Si](C)(C)C(C)(C)C)Nc1ccc(Br)cc1. The maximum absolute atomic E-state index is 6.61. The number of benzene rings is 1. The van der Waals surface area contributed by atoms with E-state index in [1.54, 1.807) is 0 Å². The fraction of sp³-hybridized carbons (Fsp3) is 0.667. The van der Waals surface area contributed by atoms with E-state index < -0.39 is 8.32 Å². The van der Waals surface area contributed by atoms with Gasteiger partial charge in [-0.05, 0) is 69.6 Å². The second-order valence-corrected chi connectivity index (χ2v) is 14.0. The maximum Gasteiger partial charge on any atom is 0.192 e. The molecule has 0 saturated carbocycles. The Morgan fingerprint density at radius 1 is 1.09 bits per heavy atom. The van der Waals surface area contributed by atoms with E-state index in [-0.39, 0.29) is 10.6 Å². The van der Waals surface area contributed by atoms with Gasteiger partial charge in [0.15, 0.2) is 8.32 Å². The van der Waals surface area contributed by atoms with Gasteiger partial charge in [0.2, 0.25) is 0 Å². The van der Waals surface area contributed by atoms with Crippen LogP contribution >= 0.6 is 15.9 Å². The summed E-state index contributed by atoms with van der Waals surface area (Å²) < 4.78 is 7.71. The summed E-state index contributed by atoms with van der Waals surface area (Å²) in [5.74, 6) is 0. The summed E-state index contributed by atoms with van der Waals surface area (Å²) in [6.07, 6.45) is 0.982. The van der Waals surface area contributed by atoms with Crippen LogP contribution in [0.25, 0.3) is 0 Å². The zero-order valence-electron chi connectivity index (χ0n) is 15.4. The van der Waals surface area contributed by atoms with E-state index in [9.17, 15) is 0 Å². The summed E-state index contributed by atoms with van der Waals surface area (Å²) in [6, 6.07) is 8.68. The second kappa shape index (κ2) is 7.06. The van der Waals surface area contributed by atoms with Crippen LogP contribution in [0.2, 0.25) is 18.1 Å². The number of rotatable bonds is 6.